The minimum absolute atomic E-state index is 0.738. The lowest BCUT2D eigenvalue weighted by atomic mass is 10.2. The summed E-state index contributed by atoms with van der Waals surface area (Å²) in [6.45, 7) is 2.08. The lowest BCUT2D eigenvalue weighted by molar-refractivity contribution is 1.00. The summed E-state index contributed by atoms with van der Waals surface area (Å²) in [4.78, 5) is 16.2. The van der Waals surface area contributed by atoms with Gasteiger partial charge in [0, 0.05) is 24.4 Å². The number of H-pyrrole nitrogens is 1. The number of aryl methyl sites for hydroxylation is 1. The second-order valence-electron chi connectivity index (χ2n) is 3.84. The third-order valence-corrected chi connectivity index (χ3v) is 2.69. The molecule has 0 amide bonds. The van der Waals surface area contributed by atoms with Gasteiger partial charge in [0.25, 0.3) is 0 Å². The van der Waals surface area contributed by atoms with E-state index in [9.17, 15) is 0 Å². The van der Waals surface area contributed by atoms with Crippen molar-refractivity contribution in [2.24, 2.45) is 0 Å². The van der Waals surface area contributed by atoms with Crippen LogP contribution in [0.3, 0.4) is 0 Å². The molecule has 4 heteroatoms. The Bertz CT molecular complexity index is 643. The van der Waals surface area contributed by atoms with Gasteiger partial charge in [-0.05, 0) is 24.3 Å². The highest BCUT2D eigenvalue weighted by Crippen LogP contribution is 2.20. The molecule has 0 aliphatic rings. The van der Waals surface area contributed by atoms with Crippen LogP contribution in [0, 0.1) is 0 Å². The molecule has 17 heavy (non-hydrogen) atoms. The van der Waals surface area contributed by atoms with Crippen LogP contribution in [-0.4, -0.2) is 19.9 Å². The van der Waals surface area contributed by atoms with Crippen LogP contribution >= 0.6 is 0 Å². The number of fused-ring (bicyclic) bond motifs is 1. The van der Waals surface area contributed by atoms with E-state index in [4.69, 9.17) is 0 Å². The van der Waals surface area contributed by atoms with Crippen molar-refractivity contribution in [3.8, 4) is 11.4 Å². The maximum Gasteiger partial charge on any atom is 0.159 e. The summed E-state index contributed by atoms with van der Waals surface area (Å²) < 4.78 is 0. The third kappa shape index (κ3) is 1.78. The molecule has 0 spiro atoms. The van der Waals surface area contributed by atoms with Crippen molar-refractivity contribution in [1.29, 1.82) is 0 Å². The van der Waals surface area contributed by atoms with E-state index in [1.807, 2.05) is 24.3 Å². The van der Waals surface area contributed by atoms with E-state index in [1.165, 1.54) is 0 Å². The van der Waals surface area contributed by atoms with E-state index in [1.54, 1.807) is 12.4 Å². The second kappa shape index (κ2) is 3.97. The van der Waals surface area contributed by atoms with Gasteiger partial charge < -0.3 is 4.98 Å². The van der Waals surface area contributed by atoms with Crippen LogP contribution in [0.15, 0.2) is 36.7 Å². The summed E-state index contributed by atoms with van der Waals surface area (Å²) in [6, 6.07) is 7.85. The van der Waals surface area contributed by atoms with E-state index in [-0.39, 0.29) is 0 Å². The summed E-state index contributed by atoms with van der Waals surface area (Å²) in [7, 11) is 0. The van der Waals surface area contributed by atoms with E-state index in [0.717, 1.165) is 34.7 Å². The van der Waals surface area contributed by atoms with Crippen molar-refractivity contribution in [2.75, 3.05) is 0 Å². The summed E-state index contributed by atoms with van der Waals surface area (Å²) in [5, 5.41) is 0. The van der Waals surface area contributed by atoms with E-state index >= 15 is 0 Å². The first-order valence-electron chi connectivity index (χ1n) is 5.63. The van der Waals surface area contributed by atoms with Crippen molar-refractivity contribution >= 4 is 11.0 Å². The van der Waals surface area contributed by atoms with Crippen LogP contribution in [0.2, 0.25) is 0 Å². The fourth-order valence-electron chi connectivity index (χ4n) is 1.82. The number of rotatable bonds is 2. The van der Waals surface area contributed by atoms with Gasteiger partial charge in [0.2, 0.25) is 0 Å². The Morgan fingerprint density at radius 2 is 2.00 bits per heavy atom. The molecule has 0 saturated carbocycles. The van der Waals surface area contributed by atoms with E-state index < -0.39 is 0 Å². The number of nitrogens with one attached hydrogen (secondary N) is 1. The number of aromatic nitrogens is 4. The van der Waals surface area contributed by atoms with Gasteiger partial charge in [-0.1, -0.05) is 6.92 Å². The van der Waals surface area contributed by atoms with E-state index in [0.29, 0.717) is 0 Å². The van der Waals surface area contributed by atoms with Gasteiger partial charge in [0.05, 0.1) is 11.0 Å². The molecule has 0 atom stereocenters. The predicted molar refractivity (Wildman–Crippen MR) is 66.5 cm³/mol. The first kappa shape index (κ1) is 9.96. The van der Waals surface area contributed by atoms with Crippen LogP contribution in [0.1, 0.15) is 12.7 Å². The zero-order chi connectivity index (χ0) is 11.7. The molecule has 1 N–H and O–H groups in total. The SMILES string of the molecule is CCc1nc2ccc(-c3ncccn3)cc2[nH]1. The number of hydrogen-bond acceptors (Lipinski definition) is 3. The average Bonchev–Trinajstić information content (AvgIpc) is 2.81. The minimum atomic E-state index is 0.738. The van der Waals surface area contributed by atoms with Crippen molar-refractivity contribution < 1.29 is 0 Å². The average molecular weight is 224 g/mol. The molecule has 3 aromatic rings. The second-order valence-corrected chi connectivity index (χ2v) is 3.84. The molecule has 0 bridgehead atoms. The van der Waals surface area contributed by atoms with Gasteiger partial charge in [0.15, 0.2) is 5.82 Å². The fraction of sp³-hybridized carbons (Fsp3) is 0.154. The highest BCUT2D eigenvalue weighted by molar-refractivity contribution is 5.80. The number of imidazole rings is 1. The van der Waals surface area contributed by atoms with Crippen LogP contribution < -0.4 is 0 Å². The smallest absolute Gasteiger partial charge is 0.159 e. The molecular formula is C13H12N4. The topological polar surface area (TPSA) is 54.5 Å². The monoisotopic (exact) mass is 224 g/mol. The Labute approximate surface area is 98.8 Å². The number of aromatic amines is 1. The maximum absolute atomic E-state index is 4.47. The molecule has 0 fully saturated rings. The Balaban J connectivity index is 2.13. The van der Waals surface area contributed by atoms with Crippen LogP contribution in [-0.2, 0) is 6.42 Å². The Hall–Kier alpha value is -2.23. The third-order valence-electron chi connectivity index (χ3n) is 2.69. The fourth-order valence-corrected chi connectivity index (χ4v) is 1.82. The summed E-state index contributed by atoms with van der Waals surface area (Å²) in [5.74, 6) is 1.74. The van der Waals surface area contributed by atoms with Gasteiger partial charge in [-0.3, -0.25) is 0 Å². The molecule has 84 valence electrons. The molecule has 0 radical (unpaired) electrons. The molecule has 0 unspecified atom stereocenters. The zero-order valence-corrected chi connectivity index (χ0v) is 9.51. The Morgan fingerprint density at radius 3 is 2.76 bits per heavy atom. The molecular weight excluding hydrogens is 212 g/mol. The standard InChI is InChI=1S/C13H12N4/c1-2-12-16-10-5-4-9(8-11(10)17-12)13-14-6-3-7-15-13/h3-8H,2H2,1H3,(H,16,17). The summed E-state index contributed by atoms with van der Waals surface area (Å²) >= 11 is 0. The maximum atomic E-state index is 4.47. The highest BCUT2D eigenvalue weighted by Gasteiger charge is 2.04. The zero-order valence-electron chi connectivity index (χ0n) is 9.51. The minimum Gasteiger partial charge on any atom is -0.342 e. The van der Waals surface area contributed by atoms with Gasteiger partial charge in [0.1, 0.15) is 5.82 Å². The lowest BCUT2D eigenvalue weighted by Gasteiger charge is -1.98. The van der Waals surface area contributed by atoms with Gasteiger partial charge in [-0.25, -0.2) is 15.0 Å². The molecule has 0 aliphatic carbocycles. The number of nitrogens with zero attached hydrogens (tertiary/aromatic N) is 3. The molecule has 2 heterocycles. The Kier molecular flexibility index (Phi) is 2.33. The number of benzene rings is 1. The van der Waals surface area contributed by atoms with Gasteiger partial charge >= 0.3 is 0 Å². The lowest BCUT2D eigenvalue weighted by Crippen LogP contribution is -1.86. The van der Waals surface area contributed by atoms with Crippen molar-refractivity contribution in [1.82, 2.24) is 19.9 Å². The Morgan fingerprint density at radius 1 is 1.18 bits per heavy atom. The van der Waals surface area contributed by atoms with Crippen LogP contribution in [0.25, 0.3) is 22.4 Å². The largest absolute Gasteiger partial charge is 0.342 e. The van der Waals surface area contributed by atoms with E-state index in [2.05, 4.69) is 26.9 Å². The molecule has 3 rings (SSSR count). The van der Waals surface area contributed by atoms with Gasteiger partial charge in [-0.2, -0.15) is 0 Å². The molecule has 1 aromatic carbocycles. The normalized spacial score (nSPS) is 10.9. The van der Waals surface area contributed by atoms with Crippen LogP contribution in [0.4, 0.5) is 0 Å². The molecule has 2 aromatic heterocycles. The first-order chi connectivity index (χ1) is 8.36. The predicted octanol–water partition coefficient (Wildman–Crippen LogP) is 2.58. The quantitative estimate of drug-likeness (QED) is 0.727. The number of hydrogen-bond donors (Lipinski definition) is 1. The first-order valence-corrected chi connectivity index (χ1v) is 5.63. The van der Waals surface area contributed by atoms with Crippen molar-refractivity contribution in [2.45, 2.75) is 13.3 Å². The molecule has 0 aliphatic heterocycles. The van der Waals surface area contributed by atoms with Crippen molar-refractivity contribution in [3.63, 3.8) is 0 Å². The summed E-state index contributed by atoms with van der Waals surface area (Å²) in [5.41, 5.74) is 3.03. The van der Waals surface area contributed by atoms with Crippen molar-refractivity contribution in [3.05, 3.63) is 42.5 Å². The highest BCUT2D eigenvalue weighted by atomic mass is 14.9. The van der Waals surface area contributed by atoms with Gasteiger partial charge in [-0.15, -0.1) is 0 Å². The molecule has 4 nitrogen and oxygen atoms in total. The summed E-state index contributed by atoms with van der Waals surface area (Å²) in [6.07, 6.45) is 4.40. The van der Waals surface area contributed by atoms with Crippen LogP contribution in [0.5, 0.6) is 0 Å². The molecule has 0 saturated heterocycles.